The molecule has 0 aliphatic carbocycles. The van der Waals surface area contributed by atoms with Crippen molar-refractivity contribution in [3.63, 3.8) is 0 Å². The highest BCUT2D eigenvalue weighted by molar-refractivity contribution is 5.95. The molecule has 0 saturated heterocycles. The third-order valence-corrected chi connectivity index (χ3v) is 3.46. The summed E-state index contributed by atoms with van der Waals surface area (Å²) < 4.78 is 10.00. The van der Waals surface area contributed by atoms with Gasteiger partial charge in [0, 0.05) is 11.8 Å². The van der Waals surface area contributed by atoms with Crippen LogP contribution in [-0.2, 0) is 14.3 Å². The molecule has 1 amide bonds. The first-order chi connectivity index (χ1) is 11.5. The lowest BCUT2D eigenvalue weighted by Gasteiger charge is -2.16. The average Bonchev–Trinajstić information content (AvgIpc) is 3.06. The van der Waals surface area contributed by atoms with E-state index in [1.165, 1.54) is 18.4 Å². The molecule has 0 aliphatic rings. The first-order valence-corrected chi connectivity index (χ1v) is 7.75. The zero-order valence-electron chi connectivity index (χ0n) is 14.0. The van der Waals surface area contributed by atoms with Crippen molar-refractivity contribution in [3.05, 3.63) is 59.6 Å². The maximum atomic E-state index is 12.0. The van der Waals surface area contributed by atoms with Crippen molar-refractivity contribution < 1.29 is 18.7 Å². The van der Waals surface area contributed by atoms with Gasteiger partial charge < -0.3 is 14.5 Å². The second-order valence-electron chi connectivity index (χ2n) is 5.70. The van der Waals surface area contributed by atoms with Crippen LogP contribution in [0.5, 0.6) is 0 Å². The lowest BCUT2D eigenvalue weighted by molar-refractivity contribution is -0.142. The van der Waals surface area contributed by atoms with Crippen LogP contribution in [0.4, 0.5) is 5.69 Å². The number of anilines is 1. The van der Waals surface area contributed by atoms with Gasteiger partial charge in [0.2, 0.25) is 0 Å². The Kier molecular flexibility index (Phi) is 5.95. The van der Waals surface area contributed by atoms with Gasteiger partial charge in [-0.1, -0.05) is 32.0 Å². The number of para-hydroxylation sites is 1. The zero-order chi connectivity index (χ0) is 17.5. The minimum Gasteiger partial charge on any atom is -0.465 e. The third kappa shape index (κ3) is 4.84. The van der Waals surface area contributed by atoms with E-state index in [0.29, 0.717) is 5.76 Å². The van der Waals surface area contributed by atoms with E-state index in [-0.39, 0.29) is 18.4 Å². The van der Waals surface area contributed by atoms with Gasteiger partial charge in [0.15, 0.2) is 6.61 Å². The van der Waals surface area contributed by atoms with Gasteiger partial charge in [0.05, 0.1) is 6.26 Å². The van der Waals surface area contributed by atoms with Crippen LogP contribution in [0.1, 0.15) is 36.7 Å². The van der Waals surface area contributed by atoms with E-state index in [2.05, 4.69) is 19.2 Å². The predicted octanol–water partition coefficient (Wildman–Crippen LogP) is 3.91. The summed E-state index contributed by atoms with van der Waals surface area (Å²) in [6.45, 7) is 5.71. The number of hydrogen-bond acceptors (Lipinski definition) is 4. The van der Waals surface area contributed by atoms with E-state index in [4.69, 9.17) is 9.15 Å². The number of furan rings is 1. The summed E-state index contributed by atoms with van der Waals surface area (Å²) in [5.74, 6) is -0.154. The van der Waals surface area contributed by atoms with Crippen molar-refractivity contribution >= 4 is 23.6 Å². The van der Waals surface area contributed by atoms with E-state index in [0.717, 1.165) is 16.8 Å². The number of carbonyl (C=O) groups is 2. The van der Waals surface area contributed by atoms with Crippen molar-refractivity contribution in [2.45, 2.75) is 26.7 Å². The largest absolute Gasteiger partial charge is 0.465 e. The van der Waals surface area contributed by atoms with Gasteiger partial charge >= 0.3 is 5.97 Å². The first kappa shape index (κ1) is 17.5. The quantitative estimate of drug-likeness (QED) is 0.645. The minimum absolute atomic E-state index is 0.277. The van der Waals surface area contributed by atoms with Crippen molar-refractivity contribution in [1.29, 1.82) is 0 Å². The molecule has 1 aromatic carbocycles. The number of ether oxygens (including phenoxy) is 1. The number of esters is 1. The molecular weight excluding hydrogens is 306 g/mol. The molecule has 0 fully saturated rings. The molecule has 0 saturated carbocycles. The van der Waals surface area contributed by atoms with Gasteiger partial charge in [-0.2, -0.15) is 0 Å². The van der Waals surface area contributed by atoms with E-state index in [1.807, 2.05) is 25.1 Å². The molecule has 2 aromatic rings. The Morgan fingerprint density at radius 3 is 2.71 bits per heavy atom. The fraction of sp³-hybridized carbons (Fsp3) is 0.263. The Morgan fingerprint density at radius 1 is 1.25 bits per heavy atom. The zero-order valence-corrected chi connectivity index (χ0v) is 14.0. The Morgan fingerprint density at radius 2 is 2.04 bits per heavy atom. The molecule has 0 radical (unpaired) electrons. The van der Waals surface area contributed by atoms with Crippen LogP contribution in [0.3, 0.4) is 0 Å². The molecule has 1 aromatic heterocycles. The summed E-state index contributed by atoms with van der Waals surface area (Å²) in [7, 11) is 0. The second kappa shape index (κ2) is 8.15. The van der Waals surface area contributed by atoms with Crippen LogP contribution in [0.25, 0.3) is 6.08 Å². The molecule has 0 aliphatic heterocycles. The van der Waals surface area contributed by atoms with Gasteiger partial charge in [-0.3, -0.25) is 4.79 Å². The molecule has 5 heteroatoms. The first-order valence-electron chi connectivity index (χ1n) is 7.75. The maximum absolute atomic E-state index is 12.0. The highest BCUT2D eigenvalue weighted by Gasteiger charge is 2.13. The van der Waals surface area contributed by atoms with Gasteiger partial charge in [0.1, 0.15) is 5.76 Å². The average molecular weight is 327 g/mol. The molecule has 126 valence electrons. The molecule has 0 unspecified atom stereocenters. The normalized spacial score (nSPS) is 11.0. The molecule has 0 bridgehead atoms. The molecule has 5 nitrogen and oxygen atoms in total. The van der Waals surface area contributed by atoms with Gasteiger partial charge in [-0.25, -0.2) is 4.79 Å². The van der Waals surface area contributed by atoms with E-state index in [1.54, 1.807) is 12.1 Å². The van der Waals surface area contributed by atoms with Crippen molar-refractivity contribution in [1.82, 2.24) is 0 Å². The van der Waals surface area contributed by atoms with E-state index < -0.39 is 5.97 Å². The van der Waals surface area contributed by atoms with Gasteiger partial charge in [0.25, 0.3) is 5.91 Å². The standard InChI is InChI=1S/C19H21NO4/c1-13(2)16-8-4-6-14(3)19(16)20-17(21)12-24-18(22)10-9-15-7-5-11-23-15/h4-11,13H,12H2,1-3H3,(H,20,21)/b10-9+. The summed E-state index contributed by atoms with van der Waals surface area (Å²) in [4.78, 5) is 23.7. The predicted molar refractivity (Wildman–Crippen MR) is 92.6 cm³/mol. The number of rotatable bonds is 6. The summed E-state index contributed by atoms with van der Waals surface area (Å²) in [6.07, 6.45) is 4.21. The lowest BCUT2D eigenvalue weighted by atomic mass is 9.98. The number of aryl methyl sites for hydroxylation is 1. The Balaban J connectivity index is 1.91. The molecule has 1 heterocycles. The van der Waals surface area contributed by atoms with Crippen LogP contribution >= 0.6 is 0 Å². The topological polar surface area (TPSA) is 68.5 Å². The van der Waals surface area contributed by atoms with Crippen LogP contribution in [0, 0.1) is 6.92 Å². The van der Waals surface area contributed by atoms with Crippen LogP contribution in [-0.4, -0.2) is 18.5 Å². The van der Waals surface area contributed by atoms with Gasteiger partial charge in [-0.05, 0) is 42.2 Å². The SMILES string of the molecule is Cc1cccc(C(C)C)c1NC(=O)COC(=O)/C=C/c1ccco1. The molecule has 0 atom stereocenters. The minimum atomic E-state index is -0.601. The second-order valence-corrected chi connectivity index (χ2v) is 5.70. The Hall–Kier alpha value is -2.82. The number of hydrogen-bond donors (Lipinski definition) is 1. The summed E-state index contributed by atoms with van der Waals surface area (Å²) in [5, 5.41) is 2.83. The van der Waals surface area contributed by atoms with Crippen molar-refractivity contribution in [3.8, 4) is 0 Å². The van der Waals surface area contributed by atoms with E-state index in [9.17, 15) is 9.59 Å². The van der Waals surface area contributed by atoms with Crippen LogP contribution < -0.4 is 5.32 Å². The van der Waals surface area contributed by atoms with Crippen molar-refractivity contribution in [2.24, 2.45) is 0 Å². The fourth-order valence-corrected chi connectivity index (χ4v) is 2.24. The Bertz CT molecular complexity index is 730. The number of nitrogens with one attached hydrogen (secondary N) is 1. The number of carbonyl (C=O) groups excluding carboxylic acids is 2. The highest BCUT2D eigenvalue weighted by atomic mass is 16.5. The van der Waals surface area contributed by atoms with Gasteiger partial charge in [-0.15, -0.1) is 0 Å². The monoisotopic (exact) mass is 327 g/mol. The summed E-state index contributed by atoms with van der Waals surface area (Å²) in [6, 6.07) is 9.29. The fourth-order valence-electron chi connectivity index (χ4n) is 2.24. The number of amides is 1. The molecule has 24 heavy (non-hydrogen) atoms. The van der Waals surface area contributed by atoms with Crippen molar-refractivity contribution in [2.75, 3.05) is 11.9 Å². The molecule has 2 rings (SSSR count). The van der Waals surface area contributed by atoms with Crippen LogP contribution in [0.2, 0.25) is 0 Å². The summed E-state index contributed by atoms with van der Waals surface area (Å²) in [5.41, 5.74) is 2.80. The Labute approximate surface area is 141 Å². The summed E-state index contributed by atoms with van der Waals surface area (Å²) >= 11 is 0. The van der Waals surface area contributed by atoms with Crippen LogP contribution in [0.15, 0.2) is 47.1 Å². The number of benzene rings is 1. The van der Waals surface area contributed by atoms with E-state index >= 15 is 0 Å². The maximum Gasteiger partial charge on any atom is 0.331 e. The molecule has 1 N–H and O–H groups in total. The highest BCUT2D eigenvalue weighted by Crippen LogP contribution is 2.27. The third-order valence-electron chi connectivity index (χ3n) is 3.46. The lowest BCUT2D eigenvalue weighted by Crippen LogP contribution is -2.21. The molecular formula is C19H21NO4. The smallest absolute Gasteiger partial charge is 0.331 e. The molecule has 0 spiro atoms.